The standard InChI is InChI=1S/C9H17ClO2/c1-3-4-5-6-8(2)12-9(11)7-10/h8H,3-7H2,1-2H3/t8-/m0/s1. The zero-order valence-corrected chi connectivity index (χ0v) is 8.56. The molecule has 0 heterocycles. The Morgan fingerprint density at radius 1 is 1.50 bits per heavy atom. The second kappa shape index (κ2) is 7.41. The summed E-state index contributed by atoms with van der Waals surface area (Å²) in [5, 5.41) is 0. The molecule has 0 N–H and O–H groups in total. The molecule has 0 saturated carbocycles. The minimum Gasteiger partial charge on any atom is -0.462 e. The molecule has 0 amide bonds. The van der Waals surface area contributed by atoms with Crippen LogP contribution in [0.3, 0.4) is 0 Å². The molecule has 0 radical (unpaired) electrons. The Kier molecular flexibility index (Phi) is 7.26. The first-order valence-corrected chi connectivity index (χ1v) is 4.99. The summed E-state index contributed by atoms with van der Waals surface area (Å²) in [6.07, 6.45) is 4.46. The van der Waals surface area contributed by atoms with Gasteiger partial charge in [-0.05, 0) is 19.8 Å². The second-order valence-corrected chi connectivity index (χ2v) is 3.20. The Morgan fingerprint density at radius 2 is 2.17 bits per heavy atom. The molecule has 1 atom stereocenters. The van der Waals surface area contributed by atoms with Crippen LogP contribution in [0.25, 0.3) is 0 Å². The highest BCUT2D eigenvalue weighted by atomic mass is 35.5. The summed E-state index contributed by atoms with van der Waals surface area (Å²) >= 11 is 5.28. The number of carbonyl (C=O) groups excluding carboxylic acids is 1. The van der Waals surface area contributed by atoms with E-state index >= 15 is 0 Å². The van der Waals surface area contributed by atoms with Crippen molar-refractivity contribution in [1.29, 1.82) is 0 Å². The molecule has 72 valence electrons. The molecule has 0 aliphatic rings. The molecular weight excluding hydrogens is 176 g/mol. The zero-order chi connectivity index (χ0) is 9.40. The van der Waals surface area contributed by atoms with Crippen LogP contribution in [0.2, 0.25) is 0 Å². The molecule has 0 aromatic heterocycles. The number of carbonyl (C=O) groups is 1. The van der Waals surface area contributed by atoms with E-state index in [0.717, 1.165) is 12.8 Å². The van der Waals surface area contributed by atoms with Crippen molar-refractivity contribution < 1.29 is 9.53 Å². The van der Waals surface area contributed by atoms with Gasteiger partial charge in [0.15, 0.2) is 0 Å². The number of unbranched alkanes of at least 4 members (excludes halogenated alkanes) is 2. The van der Waals surface area contributed by atoms with Gasteiger partial charge in [0.1, 0.15) is 5.88 Å². The van der Waals surface area contributed by atoms with Crippen LogP contribution in [-0.4, -0.2) is 18.0 Å². The minimum absolute atomic E-state index is 0.0165. The summed E-state index contributed by atoms with van der Waals surface area (Å²) in [6, 6.07) is 0. The van der Waals surface area contributed by atoms with E-state index in [1.54, 1.807) is 0 Å². The highest BCUT2D eigenvalue weighted by molar-refractivity contribution is 6.26. The molecule has 2 nitrogen and oxygen atoms in total. The van der Waals surface area contributed by atoms with Gasteiger partial charge in [-0.15, -0.1) is 11.6 Å². The molecule has 0 rings (SSSR count). The topological polar surface area (TPSA) is 26.3 Å². The van der Waals surface area contributed by atoms with Crippen LogP contribution in [0.15, 0.2) is 0 Å². The fourth-order valence-corrected chi connectivity index (χ4v) is 1.06. The normalized spacial score (nSPS) is 12.6. The Morgan fingerprint density at radius 3 is 2.67 bits per heavy atom. The Balaban J connectivity index is 3.32. The molecule has 0 fully saturated rings. The van der Waals surface area contributed by atoms with Crippen LogP contribution >= 0.6 is 11.6 Å². The van der Waals surface area contributed by atoms with Gasteiger partial charge in [0.2, 0.25) is 0 Å². The summed E-state index contributed by atoms with van der Waals surface area (Å²) in [5.74, 6) is -0.362. The van der Waals surface area contributed by atoms with E-state index in [9.17, 15) is 4.79 Å². The van der Waals surface area contributed by atoms with Gasteiger partial charge in [-0.25, -0.2) is 0 Å². The van der Waals surface area contributed by atoms with Crippen molar-refractivity contribution in [3.8, 4) is 0 Å². The van der Waals surface area contributed by atoms with E-state index < -0.39 is 0 Å². The average molecular weight is 193 g/mol. The smallest absolute Gasteiger partial charge is 0.321 e. The van der Waals surface area contributed by atoms with Crippen molar-refractivity contribution >= 4 is 17.6 Å². The van der Waals surface area contributed by atoms with Gasteiger partial charge in [-0.1, -0.05) is 19.8 Å². The fourth-order valence-electron chi connectivity index (χ4n) is 0.997. The third-order valence-corrected chi connectivity index (χ3v) is 1.87. The number of halogens is 1. The van der Waals surface area contributed by atoms with Crippen LogP contribution < -0.4 is 0 Å². The molecule has 0 spiro atoms. The second-order valence-electron chi connectivity index (χ2n) is 2.93. The monoisotopic (exact) mass is 192 g/mol. The summed E-state index contributed by atoms with van der Waals surface area (Å²) in [4.78, 5) is 10.7. The van der Waals surface area contributed by atoms with Crippen molar-refractivity contribution in [2.75, 3.05) is 5.88 Å². The molecule has 0 aromatic carbocycles. The van der Waals surface area contributed by atoms with Crippen molar-refractivity contribution in [2.24, 2.45) is 0 Å². The van der Waals surface area contributed by atoms with Gasteiger partial charge in [-0.3, -0.25) is 4.79 Å². The van der Waals surface area contributed by atoms with Gasteiger partial charge in [0.05, 0.1) is 6.10 Å². The maximum atomic E-state index is 10.7. The number of ether oxygens (including phenoxy) is 1. The molecule has 0 aliphatic heterocycles. The van der Waals surface area contributed by atoms with Gasteiger partial charge in [-0.2, -0.15) is 0 Å². The number of alkyl halides is 1. The molecule has 0 aliphatic carbocycles. The highest BCUT2D eigenvalue weighted by Gasteiger charge is 2.06. The highest BCUT2D eigenvalue weighted by Crippen LogP contribution is 2.06. The molecule has 0 unspecified atom stereocenters. The fraction of sp³-hybridized carbons (Fsp3) is 0.889. The first-order valence-electron chi connectivity index (χ1n) is 4.46. The molecule has 0 aromatic rings. The van der Waals surface area contributed by atoms with E-state index in [0.29, 0.717) is 0 Å². The van der Waals surface area contributed by atoms with Crippen molar-refractivity contribution in [3.63, 3.8) is 0 Å². The maximum Gasteiger partial charge on any atom is 0.321 e. The Hall–Kier alpha value is -0.240. The van der Waals surface area contributed by atoms with Gasteiger partial charge in [0.25, 0.3) is 0 Å². The van der Waals surface area contributed by atoms with Crippen LogP contribution in [-0.2, 0) is 9.53 Å². The molecular formula is C9H17ClO2. The first-order chi connectivity index (χ1) is 5.70. The molecule has 3 heteroatoms. The average Bonchev–Trinajstić information content (AvgIpc) is 2.05. The maximum absolute atomic E-state index is 10.7. The lowest BCUT2D eigenvalue weighted by Gasteiger charge is -2.11. The molecule has 0 bridgehead atoms. The van der Waals surface area contributed by atoms with Crippen LogP contribution in [0.5, 0.6) is 0 Å². The van der Waals surface area contributed by atoms with E-state index in [4.69, 9.17) is 16.3 Å². The van der Waals surface area contributed by atoms with E-state index in [1.165, 1.54) is 12.8 Å². The van der Waals surface area contributed by atoms with E-state index in [-0.39, 0.29) is 18.0 Å². The zero-order valence-electron chi connectivity index (χ0n) is 7.81. The summed E-state index contributed by atoms with van der Waals surface area (Å²) in [5.41, 5.74) is 0. The van der Waals surface area contributed by atoms with Crippen LogP contribution in [0.1, 0.15) is 39.5 Å². The Labute approximate surface area is 79.2 Å². The Bertz CT molecular complexity index is 126. The molecule has 0 saturated heterocycles. The van der Waals surface area contributed by atoms with Gasteiger partial charge in [0, 0.05) is 0 Å². The van der Waals surface area contributed by atoms with Gasteiger partial charge >= 0.3 is 5.97 Å². The summed E-state index contributed by atoms with van der Waals surface area (Å²) in [6.45, 7) is 4.05. The van der Waals surface area contributed by atoms with Gasteiger partial charge < -0.3 is 4.74 Å². The lowest BCUT2D eigenvalue weighted by atomic mass is 10.1. The third kappa shape index (κ3) is 6.47. The largest absolute Gasteiger partial charge is 0.462 e. The van der Waals surface area contributed by atoms with Crippen molar-refractivity contribution in [1.82, 2.24) is 0 Å². The van der Waals surface area contributed by atoms with Crippen LogP contribution in [0, 0.1) is 0 Å². The predicted octanol–water partition coefficient (Wildman–Crippen LogP) is 2.74. The summed E-state index contributed by atoms with van der Waals surface area (Å²) in [7, 11) is 0. The van der Waals surface area contributed by atoms with Crippen LogP contribution in [0.4, 0.5) is 0 Å². The third-order valence-electron chi connectivity index (χ3n) is 1.66. The predicted molar refractivity (Wildman–Crippen MR) is 50.4 cm³/mol. The van der Waals surface area contributed by atoms with Crippen molar-refractivity contribution in [3.05, 3.63) is 0 Å². The lowest BCUT2D eigenvalue weighted by Crippen LogP contribution is -2.15. The van der Waals surface area contributed by atoms with Crippen molar-refractivity contribution in [2.45, 2.75) is 45.6 Å². The summed E-state index contributed by atoms with van der Waals surface area (Å²) < 4.78 is 4.98. The first kappa shape index (κ1) is 11.8. The minimum atomic E-state index is -0.319. The number of hydrogen-bond acceptors (Lipinski definition) is 2. The number of rotatable bonds is 6. The van der Waals surface area contributed by atoms with E-state index in [1.807, 2.05) is 6.92 Å². The number of hydrogen-bond donors (Lipinski definition) is 0. The molecule has 12 heavy (non-hydrogen) atoms. The lowest BCUT2D eigenvalue weighted by molar-refractivity contribution is -0.145. The SMILES string of the molecule is CCCCC[C@H](C)OC(=O)CCl. The quantitative estimate of drug-likeness (QED) is 0.368. The van der Waals surface area contributed by atoms with E-state index in [2.05, 4.69) is 6.92 Å². The number of esters is 1.